The van der Waals surface area contributed by atoms with Crippen molar-refractivity contribution in [1.29, 1.82) is 0 Å². The van der Waals surface area contributed by atoms with Crippen molar-refractivity contribution in [3.63, 3.8) is 0 Å². The third kappa shape index (κ3) is 5.00. The molecule has 35 heavy (non-hydrogen) atoms. The highest BCUT2D eigenvalue weighted by Gasteiger charge is 2.48. The van der Waals surface area contributed by atoms with E-state index in [2.05, 4.69) is 24.3 Å². The summed E-state index contributed by atoms with van der Waals surface area (Å²) in [6.07, 6.45) is 6.41. The van der Waals surface area contributed by atoms with Gasteiger partial charge in [0.05, 0.1) is 22.3 Å². The van der Waals surface area contributed by atoms with Gasteiger partial charge in [0.1, 0.15) is 5.76 Å². The first kappa shape index (κ1) is 24.4. The number of nitrogens with zero attached hydrogens (tertiary/aromatic N) is 1. The van der Waals surface area contributed by atoms with Crippen LogP contribution in [0.25, 0.3) is 0 Å². The van der Waals surface area contributed by atoms with Crippen LogP contribution in [0.15, 0.2) is 22.7 Å². The van der Waals surface area contributed by atoms with Crippen LogP contribution in [0.3, 0.4) is 0 Å². The first-order valence-corrected chi connectivity index (χ1v) is 13.4. The normalized spacial score (nSPS) is 28.2. The number of carbonyl (C=O) groups is 2. The van der Waals surface area contributed by atoms with Crippen molar-refractivity contribution in [2.75, 3.05) is 5.32 Å². The summed E-state index contributed by atoms with van der Waals surface area (Å²) in [7, 11) is 0. The molecule has 1 heterocycles. The molecule has 0 bridgehead atoms. The van der Waals surface area contributed by atoms with E-state index in [4.69, 9.17) is 16.1 Å². The summed E-state index contributed by atoms with van der Waals surface area (Å²) in [5.74, 6) is 0.877. The van der Waals surface area contributed by atoms with Crippen molar-refractivity contribution in [1.82, 2.24) is 5.16 Å². The second kappa shape index (κ2) is 9.61. The molecule has 3 aliphatic carbocycles. The van der Waals surface area contributed by atoms with Crippen LogP contribution in [0, 0.1) is 30.6 Å². The van der Waals surface area contributed by atoms with Crippen molar-refractivity contribution in [2.45, 2.75) is 83.5 Å². The molecule has 0 radical (unpaired) electrons. The van der Waals surface area contributed by atoms with Gasteiger partial charge in [-0.25, -0.2) is 0 Å². The third-order valence-corrected chi connectivity index (χ3v) is 8.48. The Labute approximate surface area is 211 Å². The Morgan fingerprint density at radius 3 is 2.54 bits per heavy atom. The number of halogens is 1. The number of hydrogen-bond acceptors (Lipinski definition) is 4. The molecule has 0 saturated heterocycles. The second-order valence-electron chi connectivity index (χ2n) is 11.5. The molecular weight excluding hydrogens is 464 g/mol. The minimum atomic E-state index is -0.856. The lowest BCUT2D eigenvalue weighted by Gasteiger charge is -2.35. The zero-order chi connectivity index (χ0) is 24.9. The molecule has 1 aromatic carbocycles. The zero-order valence-electron chi connectivity index (χ0n) is 20.7. The lowest BCUT2D eigenvalue weighted by atomic mass is 9.69. The number of rotatable bonds is 8. The smallest absolute Gasteiger partial charge is 0.306 e. The molecule has 2 N–H and O–H groups in total. The molecular formula is C28H35ClN2O4. The standard InChI is InChI=1S/C28H35ClN2O4/c1-14(2)8-16-10-18(11-16)26-24(17-5-6-17)25(31-35-26)20-12-19(28(33)34)13-21(20)27(32)30-23-7-4-15(3)9-22(23)29/h4,7,9,14,16-21H,5-6,8,10-13H2,1-3H3,(H,30,32)(H,33,34)/t16?,18?,19-,20-,21-/m0/s1. The number of aryl methyl sites for hydroxylation is 1. The van der Waals surface area contributed by atoms with Crippen LogP contribution in [0.4, 0.5) is 5.69 Å². The summed E-state index contributed by atoms with van der Waals surface area (Å²) in [6, 6.07) is 5.50. The molecule has 1 aromatic heterocycles. The summed E-state index contributed by atoms with van der Waals surface area (Å²) in [5.41, 5.74) is 3.57. The molecule has 3 atom stereocenters. The van der Waals surface area contributed by atoms with E-state index < -0.39 is 17.8 Å². The van der Waals surface area contributed by atoms with Crippen molar-refractivity contribution in [2.24, 2.45) is 23.7 Å². The van der Waals surface area contributed by atoms with Gasteiger partial charge < -0.3 is 14.9 Å². The highest BCUT2D eigenvalue weighted by molar-refractivity contribution is 6.33. The molecule has 0 unspecified atom stereocenters. The molecule has 6 nitrogen and oxygen atoms in total. The van der Waals surface area contributed by atoms with E-state index in [-0.39, 0.29) is 11.8 Å². The first-order chi connectivity index (χ1) is 16.7. The second-order valence-corrected chi connectivity index (χ2v) is 11.9. The van der Waals surface area contributed by atoms with Crippen molar-refractivity contribution in [3.8, 4) is 0 Å². The quantitative estimate of drug-likeness (QED) is 0.413. The van der Waals surface area contributed by atoms with Gasteiger partial charge in [0.2, 0.25) is 5.91 Å². The SMILES string of the molecule is Cc1ccc(NC(=O)[C@H]2C[C@@H](C(=O)O)C[C@@H]2c2noc(C3CC(CC(C)C)C3)c2C2CC2)c(Cl)c1. The summed E-state index contributed by atoms with van der Waals surface area (Å²) in [4.78, 5) is 25.4. The minimum absolute atomic E-state index is 0.198. The van der Waals surface area contributed by atoms with Gasteiger partial charge in [0.25, 0.3) is 0 Å². The largest absolute Gasteiger partial charge is 0.481 e. The Kier molecular flexibility index (Phi) is 6.69. The van der Waals surface area contributed by atoms with Gasteiger partial charge in [0.15, 0.2) is 0 Å². The number of benzene rings is 1. The first-order valence-electron chi connectivity index (χ1n) is 13.0. The predicted molar refractivity (Wildman–Crippen MR) is 135 cm³/mol. The monoisotopic (exact) mass is 498 g/mol. The molecule has 7 heteroatoms. The van der Waals surface area contributed by atoms with Gasteiger partial charge in [-0.15, -0.1) is 0 Å². The molecule has 188 valence electrons. The number of carbonyl (C=O) groups excluding carboxylic acids is 1. The van der Waals surface area contributed by atoms with Crippen LogP contribution >= 0.6 is 11.6 Å². The van der Waals surface area contributed by atoms with E-state index in [0.29, 0.717) is 41.3 Å². The summed E-state index contributed by atoms with van der Waals surface area (Å²) in [6.45, 7) is 6.48. The summed E-state index contributed by atoms with van der Waals surface area (Å²) < 4.78 is 5.99. The lowest BCUT2D eigenvalue weighted by Crippen LogP contribution is -2.26. The fourth-order valence-electron chi connectivity index (χ4n) is 6.25. The Morgan fingerprint density at radius 1 is 1.17 bits per heavy atom. The number of carboxylic acids is 1. The van der Waals surface area contributed by atoms with Gasteiger partial charge in [-0.05, 0) is 87.3 Å². The third-order valence-electron chi connectivity index (χ3n) is 8.16. The zero-order valence-corrected chi connectivity index (χ0v) is 21.5. The maximum Gasteiger partial charge on any atom is 0.306 e. The van der Waals surface area contributed by atoms with Crippen molar-refractivity contribution in [3.05, 3.63) is 45.8 Å². The Hall–Kier alpha value is -2.34. The summed E-state index contributed by atoms with van der Waals surface area (Å²) >= 11 is 6.36. The number of aliphatic carboxylic acids is 1. The van der Waals surface area contributed by atoms with Crippen LogP contribution < -0.4 is 5.32 Å². The molecule has 3 saturated carbocycles. The van der Waals surface area contributed by atoms with E-state index in [0.717, 1.165) is 48.6 Å². The molecule has 0 spiro atoms. The van der Waals surface area contributed by atoms with Crippen LogP contribution in [0.1, 0.15) is 99.1 Å². The van der Waals surface area contributed by atoms with Crippen molar-refractivity contribution < 1.29 is 19.2 Å². The van der Waals surface area contributed by atoms with Crippen LogP contribution in [0.2, 0.25) is 5.02 Å². The highest BCUT2D eigenvalue weighted by Crippen LogP contribution is 2.55. The van der Waals surface area contributed by atoms with E-state index in [1.54, 1.807) is 6.07 Å². The van der Waals surface area contributed by atoms with Gasteiger partial charge in [0, 0.05) is 23.3 Å². The van der Waals surface area contributed by atoms with E-state index >= 15 is 0 Å². The fraction of sp³-hybridized carbons (Fsp3) is 0.607. The number of hydrogen-bond donors (Lipinski definition) is 2. The van der Waals surface area contributed by atoms with E-state index in [1.807, 2.05) is 19.1 Å². The van der Waals surface area contributed by atoms with Gasteiger partial charge in [-0.3, -0.25) is 9.59 Å². The maximum atomic E-state index is 13.4. The maximum absolute atomic E-state index is 13.4. The lowest BCUT2D eigenvalue weighted by molar-refractivity contribution is -0.141. The van der Waals surface area contributed by atoms with Crippen LogP contribution in [-0.4, -0.2) is 22.1 Å². The molecule has 0 aliphatic heterocycles. The van der Waals surface area contributed by atoms with E-state index in [1.165, 1.54) is 12.0 Å². The highest BCUT2D eigenvalue weighted by atomic mass is 35.5. The summed E-state index contributed by atoms with van der Waals surface area (Å²) in [5, 5.41) is 17.7. The number of anilines is 1. The number of carboxylic acid groups (broad SMARTS) is 1. The molecule has 3 fully saturated rings. The van der Waals surface area contributed by atoms with Gasteiger partial charge >= 0.3 is 5.97 Å². The van der Waals surface area contributed by atoms with Gasteiger partial charge in [-0.1, -0.05) is 36.7 Å². The number of amides is 1. The van der Waals surface area contributed by atoms with Crippen molar-refractivity contribution >= 4 is 29.2 Å². The molecule has 2 aromatic rings. The molecule has 5 rings (SSSR count). The minimum Gasteiger partial charge on any atom is -0.481 e. The average Bonchev–Trinajstić information content (AvgIpc) is 3.35. The Balaban J connectivity index is 1.40. The van der Waals surface area contributed by atoms with Gasteiger partial charge in [-0.2, -0.15) is 0 Å². The number of nitrogens with one attached hydrogen (secondary N) is 1. The average molecular weight is 499 g/mol. The Morgan fingerprint density at radius 2 is 1.91 bits per heavy atom. The fourth-order valence-corrected chi connectivity index (χ4v) is 6.54. The topological polar surface area (TPSA) is 92.4 Å². The van der Waals surface area contributed by atoms with Crippen LogP contribution in [-0.2, 0) is 9.59 Å². The molecule has 3 aliphatic rings. The number of aromatic nitrogens is 1. The predicted octanol–water partition coefficient (Wildman–Crippen LogP) is 6.89. The van der Waals surface area contributed by atoms with Crippen LogP contribution in [0.5, 0.6) is 0 Å². The Bertz CT molecular complexity index is 1120. The molecule has 1 amide bonds. The van der Waals surface area contributed by atoms with E-state index in [9.17, 15) is 14.7 Å².